The van der Waals surface area contributed by atoms with Crippen molar-refractivity contribution in [3.8, 4) is 0 Å². The van der Waals surface area contributed by atoms with Gasteiger partial charge in [0.15, 0.2) is 0 Å². The summed E-state index contributed by atoms with van der Waals surface area (Å²) >= 11 is 0. The molecule has 0 saturated heterocycles. The third-order valence-electron chi connectivity index (χ3n) is 4.18. The summed E-state index contributed by atoms with van der Waals surface area (Å²) < 4.78 is 0. The highest BCUT2D eigenvalue weighted by molar-refractivity contribution is 5.97. The Bertz CT molecular complexity index is 466. The van der Waals surface area contributed by atoms with Gasteiger partial charge in [-0.3, -0.25) is 4.79 Å². The van der Waals surface area contributed by atoms with E-state index in [4.69, 9.17) is 5.73 Å². The molecule has 1 aliphatic carbocycles. The standard InChI is InChI=1S/C15H22N2O/c1-10-11(6-4-7-12(10)16)14(18)17-13-8-5-9-15(13,2)3/h4,6-7,13H,5,8-9,16H2,1-3H3,(H,17,18). The summed E-state index contributed by atoms with van der Waals surface area (Å²) in [6, 6.07) is 5.76. The molecule has 0 radical (unpaired) electrons. The number of amides is 1. The molecule has 2 rings (SSSR count). The lowest BCUT2D eigenvalue weighted by molar-refractivity contribution is 0.0909. The summed E-state index contributed by atoms with van der Waals surface area (Å²) in [5.41, 5.74) is 8.27. The van der Waals surface area contributed by atoms with E-state index in [0.717, 1.165) is 12.0 Å². The van der Waals surface area contributed by atoms with Crippen LogP contribution in [0.5, 0.6) is 0 Å². The van der Waals surface area contributed by atoms with Crippen LogP contribution >= 0.6 is 0 Å². The van der Waals surface area contributed by atoms with E-state index in [0.29, 0.717) is 11.3 Å². The van der Waals surface area contributed by atoms with Gasteiger partial charge in [-0.25, -0.2) is 0 Å². The first-order chi connectivity index (χ1) is 8.42. The lowest BCUT2D eigenvalue weighted by atomic mass is 9.87. The smallest absolute Gasteiger partial charge is 0.251 e. The highest BCUT2D eigenvalue weighted by atomic mass is 16.1. The van der Waals surface area contributed by atoms with Crippen molar-refractivity contribution in [2.45, 2.75) is 46.1 Å². The van der Waals surface area contributed by atoms with Gasteiger partial charge in [-0.05, 0) is 42.9 Å². The lowest BCUT2D eigenvalue weighted by Gasteiger charge is -2.28. The number of anilines is 1. The maximum absolute atomic E-state index is 12.3. The lowest BCUT2D eigenvalue weighted by Crippen LogP contribution is -2.41. The van der Waals surface area contributed by atoms with Crippen LogP contribution in [0.2, 0.25) is 0 Å². The summed E-state index contributed by atoms with van der Waals surface area (Å²) in [5.74, 6) is -0.000208. The highest BCUT2D eigenvalue weighted by Crippen LogP contribution is 2.37. The van der Waals surface area contributed by atoms with Gasteiger partial charge in [-0.15, -0.1) is 0 Å². The number of hydrogen-bond acceptors (Lipinski definition) is 2. The molecule has 1 atom stereocenters. The minimum absolute atomic E-state index is 0.000208. The topological polar surface area (TPSA) is 55.1 Å². The SMILES string of the molecule is Cc1c(N)cccc1C(=O)NC1CCCC1(C)C. The third kappa shape index (κ3) is 2.35. The number of carbonyl (C=O) groups is 1. The van der Waals surface area contributed by atoms with Gasteiger partial charge >= 0.3 is 0 Å². The average Bonchev–Trinajstić information content (AvgIpc) is 2.62. The first-order valence-electron chi connectivity index (χ1n) is 6.58. The molecule has 0 spiro atoms. The maximum atomic E-state index is 12.3. The summed E-state index contributed by atoms with van der Waals surface area (Å²) in [4.78, 5) is 12.3. The van der Waals surface area contributed by atoms with Gasteiger partial charge in [0.05, 0.1) is 0 Å². The van der Waals surface area contributed by atoms with E-state index in [9.17, 15) is 4.79 Å². The molecule has 1 aromatic carbocycles. The second kappa shape index (κ2) is 4.63. The van der Waals surface area contributed by atoms with Gasteiger partial charge in [0.25, 0.3) is 5.91 Å². The Labute approximate surface area is 109 Å². The zero-order valence-electron chi connectivity index (χ0n) is 11.4. The molecule has 1 amide bonds. The molecule has 0 aromatic heterocycles. The molecule has 0 bridgehead atoms. The molecule has 1 fully saturated rings. The first kappa shape index (κ1) is 12.9. The number of nitrogen functional groups attached to an aromatic ring is 1. The van der Waals surface area contributed by atoms with Crippen molar-refractivity contribution in [1.29, 1.82) is 0 Å². The summed E-state index contributed by atoms with van der Waals surface area (Å²) in [5, 5.41) is 3.16. The summed E-state index contributed by atoms with van der Waals surface area (Å²) in [6.07, 6.45) is 3.43. The van der Waals surface area contributed by atoms with Gasteiger partial charge in [-0.2, -0.15) is 0 Å². The fraction of sp³-hybridized carbons (Fsp3) is 0.533. The monoisotopic (exact) mass is 246 g/mol. The Morgan fingerprint density at radius 1 is 1.44 bits per heavy atom. The Morgan fingerprint density at radius 2 is 2.17 bits per heavy atom. The summed E-state index contributed by atoms with van der Waals surface area (Å²) in [7, 11) is 0. The number of rotatable bonds is 2. The quantitative estimate of drug-likeness (QED) is 0.788. The molecule has 18 heavy (non-hydrogen) atoms. The molecule has 98 valence electrons. The number of nitrogens with one attached hydrogen (secondary N) is 1. The zero-order chi connectivity index (χ0) is 13.3. The van der Waals surface area contributed by atoms with E-state index in [1.807, 2.05) is 25.1 Å². The third-order valence-corrected chi connectivity index (χ3v) is 4.18. The predicted octanol–water partition coefficient (Wildman–Crippen LogP) is 2.89. The van der Waals surface area contributed by atoms with Crippen LogP contribution in [0.15, 0.2) is 18.2 Å². The molecule has 0 aliphatic heterocycles. The Balaban J connectivity index is 2.15. The predicted molar refractivity (Wildman–Crippen MR) is 74.5 cm³/mol. The second-order valence-electron chi connectivity index (χ2n) is 5.93. The molecule has 1 aliphatic rings. The van der Waals surface area contributed by atoms with Crippen LogP contribution in [-0.4, -0.2) is 11.9 Å². The molecule has 3 N–H and O–H groups in total. The number of benzene rings is 1. The first-order valence-corrected chi connectivity index (χ1v) is 6.58. The van der Waals surface area contributed by atoms with Gasteiger partial charge in [0, 0.05) is 17.3 Å². The van der Waals surface area contributed by atoms with Crippen LogP contribution < -0.4 is 11.1 Å². The minimum Gasteiger partial charge on any atom is -0.398 e. The van der Waals surface area contributed by atoms with Crippen molar-refractivity contribution < 1.29 is 4.79 Å². The molecular formula is C15H22N2O. The molecule has 3 heteroatoms. The van der Waals surface area contributed by atoms with Crippen LogP contribution in [0.4, 0.5) is 5.69 Å². The van der Waals surface area contributed by atoms with Crippen LogP contribution in [0.3, 0.4) is 0 Å². The highest BCUT2D eigenvalue weighted by Gasteiger charge is 2.35. The number of carbonyl (C=O) groups excluding carboxylic acids is 1. The molecule has 0 heterocycles. The van der Waals surface area contributed by atoms with Crippen LogP contribution in [0.1, 0.15) is 49.0 Å². The molecule has 1 unspecified atom stereocenters. The normalized spacial score (nSPS) is 21.8. The number of hydrogen-bond donors (Lipinski definition) is 2. The van der Waals surface area contributed by atoms with Crippen molar-refractivity contribution in [3.05, 3.63) is 29.3 Å². The van der Waals surface area contributed by atoms with Crippen molar-refractivity contribution in [3.63, 3.8) is 0 Å². The van der Waals surface area contributed by atoms with E-state index in [1.54, 1.807) is 0 Å². The van der Waals surface area contributed by atoms with E-state index < -0.39 is 0 Å². The van der Waals surface area contributed by atoms with E-state index in [1.165, 1.54) is 12.8 Å². The van der Waals surface area contributed by atoms with Gasteiger partial charge in [0.1, 0.15) is 0 Å². The minimum atomic E-state index is -0.000208. The van der Waals surface area contributed by atoms with Crippen LogP contribution in [0.25, 0.3) is 0 Å². The number of nitrogens with two attached hydrogens (primary N) is 1. The van der Waals surface area contributed by atoms with Crippen molar-refractivity contribution in [2.24, 2.45) is 5.41 Å². The van der Waals surface area contributed by atoms with E-state index >= 15 is 0 Å². The van der Waals surface area contributed by atoms with Gasteiger partial charge in [0.2, 0.25) is 0 Å². The largest absolute Gasteiger partial charge is 0.398 e. The summed E-state index contributed by atoms with van der Waals surface area (Å²) in [6.45, 7) is 6.33. The second-order valence-corrected chi connectivity index (χ2v) is 5.93. The zero-order valence-corrected chi connectivity index (χ0v) is 11.4. The fourth-order valence-electron chi connectivity index (χ4n) is 2.73. The van der Waals surface area contributed by atoms with Crippen LogP contribution in [0, 0.1) is 12.3 Å². The Hall–Kier alpha value is -1.51. The average molecular weight is 246 g/mol. The molecule has 1 saturated carbocycles. The Kier molecular flexibility index (Phi) is 3.33. The van der Waals surface area contributed by atoms with E-state index in [-0.39, 0.29) is 17.4 Å². The van der Waals surface area contributed by atoms with Crippen molar-refractivity contribution in [1.82, 2.24) is 5.32 Å². The molecule has 1 aromatic rings. The molecular weight excluding hydrogens is 224 g/mol. The van der Waals surface area contributed by atoms with Crippen molar-refractivity contribution >= 4 is 11.6 Å². The fourth-order valence-corrected chi connectivity index (χ4v) is 2.73. The van der Waals surface area contributed by atoms with E-state index in [2.05, 4.69) is 19.2 Å². The van der Waals surface area contributed by atoms with Crippen LogP contribution in [-0.2, 0) is 0 Å². The maximum Gasteiger partial charge on any atom is 0.251 e. The van der Waals surface area contributed by atoms with Crippen molar-refractivity contribution in [2.75, 3.05) is 5.73 Å². The molecule has 3 nitrogen and oxygen atoms in total. The van der Waals surface area contributed by atoms with Gasteiger partial charge in [-0.1, -0.05) is 26.3 Å². The van der Waals surface area contributed by atoms with Gasteiger partial charge < -0.3 is 11.1 Å². The Morgan fingerprint density at radius 3 is 2.78 bits per heavy atom.